The fourth-order valence-electron chi connectivity index (χ4n) is 4.16. The molecule has 35 heavy (non-hydrogen) atoms. The van der Waals surface area contributed by atoms with Crippen molar-refractivity contribution < 1.29 is 35.5 Å². The molecule has 0 bridgehead atoms. The highest BCUT2D eigenvalue weighted by atomic mass is 19.4. The molecule has 0 saturated carbocycles. The summed E-state index contributed by atoms with van der Waals surface area (Å²) in [5.74, 6) is -5.86. The highest BCUT2D eigenvalue weighted by molar-refractivity contribution is 5.99. The van der Waals surface area contributed by atoms with Gasteiger partial charge in [0.05, 0.1) is 24.0 Å². The number of amides is 1. The molecule has 0 N–H and O–H groups in total. The van der Waals surface area contributed by atoms with Gasteiger partial charge < -0.3 is 4.90 Å². The lowest BCUT2D eigenvalue weighted by Gasteiger charge is -2.32. The summed E-state index contributed by atoms with van der Waals surface area (Å²) < 4.78 is 96.8. The number of piperidine rings is 1. The minimum absolute atomic E-state index is 0.0131. The molecule has 7 nitrogen and oxygen atoms in total. The van der Waals surface area contributed by atoms with Crippen LogP contribution in [0.1, 0.15) is 23.3 Å². The second-order valence-corrected chi connectivity index (χ2v) is 8.24. The van der Waals surface area contributed by atoms with Gasteiger partial charge in [0.25, 0.3) is 11.8 Å². The molecule has 0 spiro atoms. The first-order chi connectivity index (χ1) is 16.4. The monoisotopic (exact) mass is 500 g/mol. The molecule has 0 atom stereocenters. The van der Waals surface area contributed by atoms with E-state index in [1.165, 1.54) is 0 Å². The second kappa shape index (κ2) is 7.92. The number of rotatable bonds is 3. The van der Waals surface area contributed by atoms with E-state index in [4.69, 9.17) is 0 Å². The van der Waals surface area contributed by atoms with Crippen LogP contribution in [0.2, 0.25) is 0 Å². The van der Waals surface area contributed by atoms with Crippen LogP contribution in [0, 0.1) is 11.6 Å². The number of nitrogens with zero attached hydrogens (tertiary/aromatic N) is 6. The molecule has 0 unspecified atom stereocenters. The number of alkyl halides is 5. The van der Waals surface area contributed by atoms with Crippen LogP contribution in [0.5, 0.6) is 0 Å². The van der Waals surface area contributed by atoms with Crippen LogP contribution in [-0.4, -0.2) is 60.1 Å². The highest BCUT2D eigenvalue weighted by Crippen LogP contribution is 2.32. The van der Waals surface area contributed by atoms with Crippen molar-refractivity contribution in [3.8, 4) is 11.4 Å². The van der Waals surface area contributed by atoms with Gasteiger partial charge in [0.1, 0.15) is 23.7 Å². The molecule has 1 fully saturated rings. The highest BCUT2D eigenvalue weighted by Gasteiger charge is 2.38. The van der Waals surface area contributed by atoms with E-state index in [1.807, 2.05) is 0 Å². The van der Waals surface area contributed by atoms with E-state index in [0.717, 1.165) is 34.0 Å². The van der Waals surface area contributed by atoms with E-state index < -0.39 is 42.7 Å². The summed E-state index contributed by atoms with van der Waals surface area (Å²) in [5, 5.41) is 4.01. The van der Waals surface area contributed by atoms with Crippen LogP contribution in [0.25, 0.3) is 27.9 Å². The molecular formula is C21H15F7N6O. The first-order valence-corrected chi connectivity index (χ1v) is 10.3. The fraction of sp³-hybridized carbons (Fsp3) is 0.333. The van der Waals surface area contributed by atoms with Crippen LogP contribution in [-0.2, 0) is 6.54 Å². The van der Waals surface area contributed by atoms with Crippen LogP contribution in [0.3, 0.4) is 0 Å². The number of hydrogen-bond acceptors (Lipinski definition) is 4. The molecule has 0 aromatic carbocycles. The summed E-state index contributed by atoms with van der Waals surface area (Å²) >= 11 is 0. The molecule has 4 aromatic heterocycles. The smallest absolute Gasteiger partial charge is 0.331 e. The van der Waals surface area contributed by atoms with E-state index >= 15 is 0 Å². The Labute approximate surface area is 191 Å². The summed E-state index contributed by atoms with van der Waals surface area (Å²) in [6.07, 6.45) is -1.90. The fourth-order valence-corrected chi connectivity index (χ4v) is 4.16. The van der Waals surface area contributed by atoms with E-state index in [-0.39, 0.29) is 53.0 Å². The van der Waals surface area contributed by atoms with Gasteiger partial charge in [-0.15, -0.1) is 0 Å². The topological polar surface area (TPSA) is 68.3 Å². The molecule has 1 aliphatic rings. The number of hydrogen-bond donors (Lipinski definition) is 0. The molecule has 5 heterocycles. The van der Waals surface area contributed by atoms with Crippen molar-refractivity contribution in [2.24, 2.45) is 0 Å². The Bertz CT molecular complexity index is 1460. The number of halogens is 7. The van der Waals surface area contributed by atoms with Crippen molar-refractivity contribution in [2.75, 3.05) is 13.1 Å². The van der Waals surface area contributed by atoms with Gasteiger partial charge >= 0.3 is 6.18 Å². The maximum absolute atomic E-state index is 14.1. The minimum atomic E-state index is -4.70. The number of imidazole rings is 1. The zero-order chi connectivity index (χ0) is 25.1. The van der Waals surface area contributed by atoms with Crippen molar-refractivity contribution in [3.63, 3.8) is 0 Å². The number of pyridine rings is 2. The summed E-state index contributed by atoms with van der Waals surface area (Å²) in [6, 6.07) is 1.65. The van der Waals surface area contributed by atoms with Gasteiger partial charge in [-0.2, -0.15) is 18.3 Å². The molecule has 1 aliphatic heterocycles. The third-order valence-corrected chi connectivity index (χ3v) is 5.63. The zero-order valence-electron chi connectivity index (χ0n) is 17.7. The van der Waals surface area contributed by atoms with Crippen molar-refractivity contribution in [3.05, 3.63) is 48.1 Å². The molecule has 0 radical (unpaired) electrons. The number of aromatic nitrogens is 5. The lowest BCUT2D eigenvalue weighted by molar-refractivity contribution is -0.141. The predicted molar refractivity (Wildman–Crippen MR) is 108 cm³/mol. The summed E-state index contributed by atoms with van der Waals surface area (Å²) in [4.78, 5) is 21.5. The first-order valence-electron chi connectivity index (χ1n) is 10.3. The molecule has 14 heteroatoms. The maximum atomic E-state index is 14.1. The van der Waals surface area contributed by atoms with Crippen molar-refractivity contribution >= 4 is 22.5 Å². The first kappa shape index (κ1) is 23.1. The Morgan fingerprint density at radius 1 is 1.11 bits per heavy atom. The average molecular weight is 500 g/mol. The normalized spacial score (nSPS) is 16.4. The third-order valence-electron chi connectivity index (χ3n) is 5.63. The Morgan fingerprint density at radius 2 is 1.89 bits per heavy atom. The van der Waals surface area contributed by atoms with E-state index in [2.05, 4.69) is 15.1 Å². The maximum Gasteiger partial charge on any atom is 0.408 e. The van der Waals surface area contributed by atoms with Gasteiger partial charge in [-0.25, -0.2) is 22.5 Å². The lowest BCUT2D eigenvalue weighted by atomic mass is 10.1. The summed E-state index contributed by atoms with van der Waals surface area (Å²) in [6.45, 7) is -2.31. The molecule has 4 aromatic rings. The van der Waals surface area contributed by atoms with Gasteiger partial charge in [-0.1, -0.05) is 0 Å². The third kappa shape index (κ3) is 4.28. The molecule has 0 aliphatic carbocycles. The molecule has 184 valence electrons. The molecular weight excluding hydrogens is 485 g/mol. The lowest BCUT2D eigenvalue weighted by Crippen LogP contribution is -2.45. The Hall–Kier alpha value is -3.71. The Morgan fingerprint density at radius 3 is 2.60 bits per heavy atom. The van der Waals surface area contributed by atoms with Crippen molar-refractivity contribution in [2.45, 2.75) is 31.5 Å². The van der Waals surface area contributed by atoms with Gasteiger partial charge in [0.2, 0.25) is 0 Å². The Balaban J connectivity index is 1.64. The van der Waals surface area contributed by atoms with Crippen molar-refractivity contribution in [1.29, 1.82) is 0 Å². The van der Waals surface area contributed by atoms with E-state index in [1.54, 1.807) is 0 Å². The predicted octanol–water partition coefficient (Wildman–Crippen LogP) is 4.46. The standard InChI is InChI=1S/C21H15F7N6O/c22-11-4-13(23)18-30-7-16(33(18)8-11)17-12-6-29-14(5-15(12)34(31-17)10-21(26,27)28)19(35)32-3-1-2-20(24,25)9-32/h4-8H,1-3,9-10H2. The zero-order valence-corrected chi connectivity index (χ0v) is 17.7. The number of carbonyl (C=O) groups excluding carboxylic acids is 1. The number of carbonyl (C=O) groups is 1. The average Bonchev–Trinajstić information content (AvgIpc) is 3.32. The van der Waals surface area contributed by atoms with Gasteiger partial charge in [-0.05, 0) is 12.5 Å². The van der Waals surface area contributed by atoms with Crippen LogP contribution in [0.15, 0.2) is 30.7 Å². The van der Waals surface area contributed by atoms with Crippen LogP contribution >= 0.6 is 0 Å². The largest absolute Gasteiger partial charge is 0.408 e. The van der Waals surface area contributed by atoms with Gasteiger partial charge in [-0.3, -0.25) is 18.9 Å². The number of fused-ring (bicyclic) bond motifs is 2. The van der Waals surface area contributed by atoms with Gasteiger partial charge in [0, 0.05) is 36.8 Å². The quantitative estimate of drug-likeness (QED) is 0.390. The Kier molecular flexibility index (Phi) is 5.21. The van der Waals surface area contributed by atoms with Gasteiger partial charge in [0.15, 0.2) is 11.5 Å². The van der Waals surface area contributed by atoms with E-state index in [9.17, 15) is 35.5 Å². The molecule has 1 amide bonds. The van der Waals surface area contributed by atoms with Crippen LogP contribution in [0.4, 0.5) is 30.7 Å². The second-order valence-electron chi connectivity index (χ2n) is 8.24. The van der Waals surface area contributed by atoms with E-state index in [0.29, 0.717) is 10.7 Å². The van der Waals surface area contributed by atoms with Crippen LogP contribution < -0.4 is 0 Å². The SMILES string of the molecule is O=C(c1cc2c(cn1)c(-c1cnc3c(F)cc(F)cn13)nn2CC(F)(F)F)N1CCCC(F)(F)C1. The summed E-state index contributed by atoms with van der Waals surface area (Å²) in [7, 11) is 0. The summed E-state index contributed by atoms with van der Waals surface area (Å²) in [5.41, 5.74) is -0.893. The molecule has 1 saturated heterocycles. The number of likely N-dealkylation sites (tertiary alicyclic amines) is 1. The molecule has 5 rings (SSSR count). The van der Waals surface area contributed by atoms with Crippen molar-refractivity contribution in [1.82, 2.24) is 29.0 Å². The minimum Gasteiger partial charge on any atom is -0.331 e.